The highest BCUT2D eigenvalue weighted by Gasteiger charge is 2.35. The van der Waals surface area contributed by atoms with E-state index in [0.29, 0.717) is 12.8 Å². The standard InChI is InChI=1S/C29H38O4/c1-28(26(30)31,24-18-12-10-13-19-24)22-16-8-6-4-3-5-7-9-17-23-29(2,27(32)33)25-20-14-11-15-21-25/h3-4,10-15,18-21H,5-9,16-17,22-23H2,1-2H3,(H,30,31)(H,32,33)/b4-3-. The van der Waals surface area contributed by atoms with Crippen molar-refractivity contribution in [2.75, 3.05) is 0 Å². The van der Waals surface area contributed by atoms with E-state index >= 15 is 0 Å². The van der Waals surface area contributed by atoms with Gasteiger partial charge in [-0.2, -0.15) is 0 Å². The molecule has 0 aliphatic heterocycles. The van der Waals surface area contributed by atoms with E-state index in [4.69, 9.17) is 0 Å². The van der Waals surface area contributed by atoms with Crippen molar-refractivity contribution < 1.29 is 19.8 Å². The van der Waals surface area contributed by atoms with Gasteiger partial charge in [0, 0.05) is 0 Å². The minimum atomic E-state index is -0.838. The fraction of sp³-hybridized carbons (Fsp3) is 0.448. The average molecular weight is 451 g/mol. The Morgan fingerprint density at radius 1 is 0.636 bits per heavy atom. The Bertz CT molecular complexity index is 890. The number of aliphatic carboxylic acids is 2. The third-order valence-corrected chi connectivity index (χ3v) is 6.78. The quantitative estimate of drug-likeness (QED) is 0.223. The maximum absolute atomic E-state index is 11.8. The SMILES string of the molecule is CC(CCCC/C=C\CCCCCC(C)(C(=O)O)c1ccccc1)(C(=O)O)c1ccccc1. The van der Waals surface area contributed by atoms with Crippen molar-refractivity contribution in [1.29, 1.82) is 0 Å². The van der Waals surface area contributed by atoms with Crippen LogP contribution in [-0.4, -0.2) is 22.2 Å². The fourth-order valence-electron chi connectivity index (χ4n) is 4.26. The summed E-state index contributed by atoms with van der Waals surface area (Å²) in [6, 6.07) is 19.0. The summed E-state index contributed by atoms with van der Waals surface area (Å²) in [6.07, 6.45) is 12.4. The van der Waals surface area contributed by atoms with Gasteiger partial charge in [-0.15, -0.1) is 0 Å². The number of hydrogen-bond donors (Lipinski definition) is 2. The molecular weight excluding hydrogens is 412 g/mol. The number of benzene rings is 2. The smallest absolute Gasteiger partial charge is 0.313 e. The van der Waals surface area contributed by atoms with Crippen LogP contribution in [0.15, 0.2) is 72.8 Å². The maximum Gasteiger partial charge on any atom is 0.313 e. The molecule has 0 spiro atoms. The van der Waals surface area contributed by atoms with Gasteiger partial charge in [0.05, 0.1) is 10.8 Å². The number of carboxylic acid groups (broad SMARTS) is 2. The monoisotopic (exact) mass is 450 g/mol. The van der Waals surface area contributed by atoms with Crippen LogP contribution in [-0.2, 0) is 20.4 Å². The summed E-state index contributed by atoms with van der Waals surface area (Å²) in [5, 5.41) is 19.5. The fourth-order valence-corrected chi connectivity index (χ4v) is 4.26. The van der Waals surface area contributed by atoms with Crippen LogP contribution in [0, 0.1) is 0 Å². The second-order valence-corrected chi connectivity index (χ2v) is 9.32. The zero-order chi connectivity index (χ0) is 24.2. The van der Waals surface area contributed by atoms with E-state index in [1.165, 1.54) is 0 Å². The predicted molar refractivity (Wildman–Crippen MR) is 134 cm³/mol. The van der Waals surface area contributed by atoms with E-state index in [2.05, 4.69) is 12.2 Å². The van der Waals surface area contributed by atoms with Crippen molar-refractivity contribution in [3.8, 4) is 0 Å². The molecule has 0 fully saturated rings. The van der Waals surface area contributed by atoms with Gasteiger partial charge in [0.15, 0.2) is 0 Å². The van der Waals surface area contributed by atoms with Gasteiger partial charge < -0.3 is 10.2 Å². The van der Waals surface area contributed by atoms with E-state index in [-0.39, 0.29) is 0 Å². The molecule has 2 aromatic rings. The third-order valence-electron chi connectivity index (χ3n) is 6.78. The molecule has 0 aromatic heterocycles. The van der Waals surface area contributed by atoms with E-state index in [1.807, 2.05) is 74.5 Å². The molecule has 0 aliphatic rings. The molecule has 0 aliphatic carbocycles. The molecule has 0 heterocycles. The normalized spacial score (nSPS) is 15.1. The van der Waals surface area contributed by atoms with Crippen LogP contribution in [0.3, 0.4) is 0 Å². The van der Waals surface area contributed by atoms with Crippen LogP contribution in [0.4, 0.5) is 0 Å². The van der Waals surface area contributed by atoms with Crippen LogP contribution in [0.25, 0.3) is 0 Å². The van der Waals surface area contributed by atoms with Crippen LogP contribution in [0.1, 0.15) is 82.8 Å². The molecule has 4 heteroatoms. The van der Waals surface area contributed by atoms with Crippen molar-refractivity contribution in [2.45, 2.75) is 82.5 Å². The molecule has 33 heavy (non-hydrogen) atoms. The first kappa shape index (κ1) is 26.4. The van der Waals surface area contributed by atoms with Gasteiger partial charge in [0.1, 0.15) is 0 Å². The van der Waals surface area contributed by atoms with Crippen molar-refractivity contribution >= 4 is 11.9 Å². The highest BCUT2D eigenvalue weighted by molar-refractivity contribution is 5.81. The first-order chi connectivity index (χ1) is 15.8. The summed E-state index contributed by atoms with van der Waals surface area (Å²) in [5.74, 6) is -1.53. The third kappa shape index (κ3) is 7.59. The number of hydrogen-bond acceptors (Lipinski definition) is 2. The number of unbranched alkanes of at least 4 members (excludes halogenated alkanes) is 5. The lowest BCUT2D eigenvalue weighted by atomic mass is 9.78. The van der Waals surface area contributed by atoms with Crippen molar-refractivity contribution in [3.05, 3.63) is 83.9 Å². The Morgan fingerprint density at radius 3 is 1.39 bits per heavy atom. The summed E-state index contributed by atoms with van der Waals surface area (Å²) in [7, 11) is 0. The Labute approximate surface area is 198 Å². The first-order valence-corrected chi connectivity index (χ1v) is 12.0. The molecule has 2 atom stereocenters. The molecule has 0 bridgehead atoms. The van der Waals surface area contributed by atoms with E-state index in [1.54, 1.807) is 0 Å². The molecular formula is C29H38O4. The van der Waals surface area contributed by atoms with Gasteiger partial charge in [-0.1, -0.05) is 92.1 Å². The van der Waals surface area contributed by atoms with Gasteiger partial charge in [0.2, 0.25) is 0 Å². The maximum atomic E-state index is 11.8. The summed E-state index contributed by atoms with van der Waals surface area (Å²) < 4.78 is 0. The summed E-state index contributed by atoms with van der Waals surface area (Å²) >= 11 is 0. The average Bonchev–Trinajstić information content (AvgIpc) is 2.83. The van der Waals surface area contributed by atoms with Gasteiger partial charge >= 0.3 is 11.9 Å². The zero-order valence-corrected chi connectivity index (χ0v) is 20.0. The minimum Gasteiger partial charge on any atom is -0.481 e. The highest BCUT2D eigenvalue weighted by atomic mass is 16.4. The van der Waals surface area contributed by atoms with Crippen molar-refractivity contribution in [2.24, 2.45) is 0 Å². The summed E-state index contributed by atoms with van der Waals surface area (Å²) in [4.78, 5) is 23.7. The molecule has 2 aromatic carbocycles. The highest BCUT2D eigenvalue weighted by Crippen LogP contribution is 2.31. The number of rotatable bonds is 15. The summed E-state index contributed by atoms with van der Waals surface area (Å²) in [5.41, 5.74) is 0.0548. The Hall–Kier alpha value is -2.88. The molecule has 0 saturated heterocycles. The molecule has 178 valence electrons. The number of carboxylic acids is 2. The Kier molecular flexibility index (Phi) is 10.4. The Balaban J connectivity index is 1.64. The summed E-state index contributed by atoms with van der Waals surface area (Å²) in [6.45, 7) is 3.63. The van der Waals surface area contributed by atoms with Crippen LogP contribution in [0.5, 0.6) is 0 Å². The van der Waals surface area contributed by atoms with E-state index < -0.39 is 22.8 Å². The molecule has 0 radical (unpaired) electrons. The largest absolute Gasteiger partial charge is 0.481 e. The van der Waals surface area contributed by atoms with Crippen LogP contribution >= 0.6 is 0 Å². The van der Waals surface area contributed by atoms with Gasteiger partial charge in [-0.25, -0.2) is 0 Å². The van der Waals surface area contributed by atoms with Crippen molar-refractivity contribution in [1.82, 2.24) is 0 Å². The minimum absolute atomic E-state index is 0.629. The predicted octanol–water partition coefficient (Wildman–Crippen LogP) is 7.14. The molecule has 2 rings (SSSR count). The second kappa shape index (κ2) is 13.0. The Morgan fingerprint density at radius 2 is 1.00 bits per heavy atom. The molecule has 0 amide bonds. The molecule has 4 nitrogen and oxygen atoms in total. The topological polar surface area (TPSA) is 74.6 Å². The van der Waals surface area contributed by atoms with Crippen molar-refractivity contribution in [3.63, 3.8) is 0 Å². The molecule has 0 saturated carbocycles. The van der Waals surface area contributed by atoms with Crippen LogP contribution < -0.4 is 0 Å². The second-order valence-electron chi connectivity index (χ2n) is 9.32. The zero-order valence-electron chi connectivity index (χ0n) is 20.0. The lowest BCUT2D eigenvalue weighted by Crippen LogP contribution is -2.32. The molecule has 2 N–H and O–H groups in total. The lowest BCUT2D eigenvalue weighted by Gasteiger charge is -2.25. The van der Waals surface area contributed by atoms with Gasteiger partial charge in [-0.3, -0.25) is 9.59 Å². The van der Waals surface area contributed by atoms with Crippen LogP contribution in [0.2, 0.25) is 0 Å². The number of carbonyl (C=O) groups is 2. The molecule has 2 unspecified atom stereocenters. The van der Waals surface area contributed by atoms with Gasteiger partial charge in [0.25, 0.3) is 0 Å². The first-order valence-electron chi connectivity index (χ1n) is 12.0. The van der Waals surface area contributed by atoms with E-state index in [0.717, 1.165) is 56.1 Å². The van der Waals surface area contributed by atoms with Gasteiger partial charge in [-0.05, 0) is 63.5 Å². The number of allylic oxidation sites excluding steroid dienone is 2. The lowest BCUT2D eigenvalue weighted by molar-refractivity contribution is -0.144. The van der Waals surface area contributed by atoms with E-state index in [9.17, 15) is 19.8 Å².